The normalized spacial score (nSPS) is 15.1. The van der Waals surface area contributed by atoms with Gasteiger partial charge in [0.15, 0.2) is 0 Å². The average molecular weight is 363 g/mol. The fourth-order valence-electron chi connectivity index (χ4n) is 3.98. The lowest BCUT2D eigenvalue weighted by atomic mass is 9.97. The van der Waals surface area contributed by atoms with Gasteiger partial charge >= 0.3 is 5.97 Å². The van der Waals surface area contributed by atoms with Crippen LogP contribution in [0.15, 0.2) is 42.5 Å². The molecular formula is C23H25NO3. The number of fused-ring (bicyclic) bond motifs is 1. The van der Waals surface area contributed by atoms with Gasteiger partial charge in [0.2, 0.25) is 0 Å². The average Bonchev–Trinajstić information content (AvgIpc) is 3.01. The zero-order valence-electron chi connectivity index (χ0n) is 15.6. The number of rotatable bonds is 5. The molecule has 4 rings (SSSR count). The lowest BCUT2D eigenvalue weighted by molar-refractivity contribution is -0.136. The van der Waals surface area contributed by atoms with Gasteiger partial charge in [-0.2, -0.15) is 0 Å². The van der Waals surface area contributed by atoms with Crippen LogP contribution in [-0.2, 0) is 11.2 Å². The molecule has 0 amide bonds. The molecule has 4 heteroatoms. The molecule has 1 aliphatic carbocycles. The smallest absolute Gasteiger partial charge is 0.307 e. The highest BCUT2D eigenvalue weighted by atomic mass is 16.5. The Morgan fingerprint density at radius 1 is 1.11 bits per heavy atom. The predicted octanol–water partition coefficient (Wildman–Crippen LogP) is 5.48. The minimum absolute atomic E-state index is 0.0178. The zero-order chi connectivity index (χ0) is 18.8. The number of aromatic amines is 1. The Hall–Kier alpha value is -2.75. The summed E-state index contributed by atoms with van der Waals surface area (Å²) in [5, 5.41) is 10.4. The molecule has 3 aromatic rings. The molecule has 27 heavy (non-hydrogen) atoms. The summed E-state index contributed by atoms with van der Waals surface area (Å²) in [5.74, 6) is -0.00152. The van der Waals surface area contributed by atoms with Gasteiger partial charge < -0.3 is 14.8 Å². The van der Waals surface area contributed by atoms with Gasteiger partial charge in [-0.05, 0) is 61.9 Å². The fourth-order valence-corrected chi connectivity index (χ4v) is 3.98. The molecule has 1 aromatic heterocycles. The Labute approximate surface area is 159 Å². The van der Waals surface area contributed by atoms with Gasteiger partial charge in [-0.25, -0.2) is 0 Å². The highest BCUT2D eigenvalue weighted by molar-refractivity contribution is 5.94. The first-order valence-corrected chi connectivity index (χ1v) is 9.70. The molecule has 1 aliphatic rings. The Kier molecular flexibility index (Phi) is 4.88. The number of carboxylic acid groups (broad SMARTS) is 1. The summed E-state index contributed by atoms with van der Waals surface area (Å²) in [6.45, 7) is 2.04. The molecule has 2 N–H and O–H groups in total. The minimum Gasteiger partial charge on any atom is -0.490 e. The number of nitrogens with one attached hydrogen (secondary N) is 1. The van der Waals surface area contributed by atoms with Gasteiger partial charge in [0.05, 0.1) is 18.2 Å². The first-order valence-electron chi connectivity index (χ1n) is 9.70. The van der Waals surface area contributed by atoms with E-state index < -0.39 is 5.97 Å². The number of aryl methyl sites for hydroxylation is 1. The van der Waals surface area contributed by atoms with E-state index in [1.165, 1.54) is 24.8 Å². The van der Waals surface area contributed by atoms with Crippen LogP contribution in [0.2, 0.25) is 0 Å². The number of aliphatic carboxylic acids is 1. The van der Waals surface area contributed by atoms with Crippen LogP contribution in [0.3, 0.4) is 0 Å². The van der Waals surface area contributed by atoms with Gasteiger partial charge in [-0.15, -0.1) is 0 Å². The van der Waals surface area contributed by atoms with E-state index in [1.807, 2.05) is 49.4 Å². The number of carboxylic acids is 1. The SMILES string of the molecule is Cc1ccc(-c2[nH]c3ccc(OC4CCCCC4)cc3c2CC(=O)O)cc1. The van der Waals surface area contributed by atoms with E-state index in [-0.39, 0.29) is 12.5 Å². The minimum atomic E-state index is -0.831. The summed E-state index contributed by atoms with van der Waals surface area (Å²) >= 11 is 0. The van der Waals surface area contributed by atoms with E-state index in [0.717, 1.165) is 46.3 Å². The van der Waals surface area contributed by atoms with Crippen molar-refractivity contribution in [2.45, 2.75) is 51.6 Å². The number of ether oxygens (including phenoxy) is 1. The van der Waals surface area contributed by atoms with Crippen molar-refractivity contribution in [3.63, 3.8) is 0 Å². The summed E-state index contributed by atoms with van der Waals surface area (Å²) in [6, 6.07) is 14.1. The van der Waals surface area contributed by atoms with Crippen LogP contribution >= 0.6 is 0 Å². The van der Waals surface area contributed by atoms with Crippen LogP contribution in [0.25, 0.3) is 22.2 Å². The highest BCUT2D eigenvalue weighted by Crippen LogP contribution is 2.34. The van der Waals surface area contributed by atoms with Crippen LogP contribution < -0.4 is 4.74 Å². The second-order valence-electron chi connectivity index (χ2n) is 7.50. The van der Waals surface area contributed by atoms with Gasteiger partial charge in [-0.1, -0.05) is 36.2 Å². The monoisotopic (exact) mass is 363 g/mol. The fraction of sp³-hybridized carbons (Fsp3) is 0.348. The second-order valence-corrected chi connectivity index (χ2v) is 7.50. The molecule has 140 valence electrons. The van der Waals surface area contributed by atoms with Crippen LogP contribution in [0, 0.1) is 6.92 Å². The maximum absolute atomic E-state index is 11.5. The van der Waals surface area contributed by atoms with Gasteiger partial charge in [0.1, 0.15) is 5.75 Å². The number of hydrogen-bond donors (Lipinski definition) is 2. The van der Waals surface area contributed by atoms with Crippen LogP contribution in [0.4, 0.5) is 0 Å². The van der Waals surface area contributed by atoms with Crippen molar-refractivity contribution < 1.29 is 14.6 Å². The van der Waals surface area contributed by atoms with Crippen LogP contribution in [-0.4, -0.2) is 22.2 Å². The topological polar surface area (TPSA) is 62.3 Å². The maximum Gasteiger partial charge on any atom is 0.307 e. The van der Waals surface area contributed by atoms with E-state index in [4.69, 9.17) is 4.74 Å². The van der Waals surface area contributed by atoms with Gasteiger partial charge in [-0.3, -0.25) is 4.79 Å². The molecule has 0 radical (unpaired) electrons. The van der Waals surface area contributed by atoms with E-state index in [1.54, 1.807) is 0 Å². The first kappa shape index (κ1) is 17.7. The largest absolute Gasteiger partial charge is 0.490 e. The van der Waals surface area contributed by atoms with Crippen molar-refractivity contribution in [1.82, 2.24) is 4.98 Å². The number of hydrogen-bond acceptors (Lipinski definition) is 2. The maximum atomic E-state index is 11.5. The first-order chi connectivity index (χ1) is 13.1. The molecule has 0 saturated heterocycles. The zero-order valence-corrected chi connectivity index (χ0v) is 15.6. The Morgan fingerprint density at radius 2 is 1.85 bits per heavy atom. The lowest BCUT2D eigenvalue weighted by Gasteiger charge is -2.23. The molecule has 2 aromatic carbocycles. The van der Waals surface area contributed by atoms with Crippen molar-refractivity contribution in [3.8, 4) is 17.0 Å². The highest BCUT2D eigenvalue weighted by Gasteiger charge is 2.18. The van der Waals surface area contributed by atoms with E-state index in [0.29, 0.717) is 0 Å². The molecule has 1 saturated carbocycles. The molecule has 0 bridgehead atoms. The molecule has 0 spiro atoms. The van der Waals surface area contributed by atoms with Crippen molar-refractivity contribution in [2.24, 2.45) is 0 Å². The molecule has 0 unspecified atom stereocenters. The van der Waals surface area contributed by atoms with Crippen LogP contribution in [0.5, 0.6) is 5.75 Å². The summed E-state index contributed by atoms with van der Waals surface area (Å²) in [5.41, 5.74) is 4.82. The van der Waals surface area contributed by atoms with Crippen molar-refractivity contribution >= 4 is 16.9 Å². The Morgan fingerprint density at radius 3 is 2.56 bits per heavy atom. The molecule has 4 nitrogen and oxygen atoms in total. The molecule has 1 fully saturated rings. The van der Waals surface area contributed by atoms with E-state index >= 15 is 0 Å². The molecule has 0 atom stereocenters. The third-order valence-corrected chi connectivity index (χ3v) is 5.40. The Bertz CT molecular complexity index is 950. The number of H-pyrrole nitrogens is 1. The summed E-state index contributed by atoms with van der Waals surface area (Å²) in [6.07, 6.45) is 6.19. The van der Waals surface area contributed by atoms with E-state index in [2.05, 4.69) is 4.98 Å². The molecular weight excluding hydrogens is 338 g/mol. The third kappa shape index (κ3) is 3.85. The quantitative estimate of drug-likeness (QED) is 0.631. The van der Waals surface area contributed by atoms with Crippen molar-refractivity contribution in [2.75, 3.05) is 0 Å². The van der Waals surface area contributed by atoms with Crippen molar-refractivity contribution in [3.05, 3.63) is 53.6 Å². The summed E-state index contributed by atoms with van der Waals surface area (Å²) in [4.78, 5) is 14.9. The van der Waals surface area contributed by atoms with E-state index in [9.17, 15) is 9.90 Å². The summed E-state index contributed by atoms with van der Waals surface area (Å²) < 4.78 is 6.19. The molecule has 0 aliphatic heterocycles. The second kappa shape index (κ2) is 7.47. The third-order valence-electron chi connectivity index (χ3n) is 5.40. The number of aromatic nitrogens is 1. The summed E-state index contributed by atoms with van der Waals surface area (Å²) in [7, 11) is 0. The van der Waals surface area contributed by atoms with Crippen molar-refractivity contribution in [1.29, 1.82) is 0 Å². The van der Waals surface area contributed by atoms with Gasteiger partial charge in [0, 0.05) is 10.9 Å². The number of benzene rings is 2. The predicted molar refractivity (Wildman–Crippen MR) is 107 cm³/mol. The van der Waals surface area contributed by atoms with Gasteiger partial charge in [0.25, 0.3) is 0 Å². The number of carbonyl (C=O) groups is 1. The Balaban J connectivity index is 1.74. The standard InChI is InChI=1S/C23H25NO3/c1-15-7-9-16(10-8-15)23-20(14-22(25)26)19-13-18(11-12-21(19)24-23)27-17-5-3-2-4-6-17/h7-13,17,24H,2-6,14H2,1H3,(H,25,26). The lowest BCUT2D eigenvalue weighted by Crippen LogP contribution is -2.19. The molecule has 1 heterocycles. The van der Waals surface area contributed by atoms with Crippen LogP contribution in [0.1, 0.15) is 43.2 Å².